The number of benzene rings is 3. The van der Waals surface area contributed by atoms with Crippen LogP contribution in [0.3, 0.4) is 0 Å². The van der Waals surface area contributed by atoms with Gasteiger partial charge in [-0.05, 0) is 12.1 Å². The number of carbonyl (C=O) groups excluding carboxylic acids is 2. The molecule has 1 atom stereocenters. The van der Waals surface area contributed by atoms with Crippen molar-refractivity contribution in [1.29, 1.82) is 0 Å². The van der Waals surface area contributed by atoms with Gasteiger partial charge in [0.05, 0.1) is 0 Å². The minimum Gasteiger partial charge on any atom is -0.417 e. The highest BCUT2D eigenvalue weighted by atomic mass is 16.7. The summed E-state index contributed by atoms with van der Waals surface area (Å²) in [7, 11) is 0. The van der Waals surface area contributed by atoms with E-state index in [1.54, 1.807) is 72.8 Å². The third kappa shape index (κ3) is 4.32. The van der Waals surface area contributed by atoms with Crippen molar-refractivity contribution in [1.82, 2.24) is 0 Å². The summed E-state index contributed by atoms with van der Waals surface area (Å²) in [4.78, 5) is 24.9. The van der Waals surface area contributed by atoms with Crippen molar-refractivity contribution in [2.24, 2.45) is 0 Å². The Morgan fingerprint density at radius 2 is 1.20 bits per heavy atom. The van der Waals surface area contributed by atoms with Crippen LogP contribution in [-0.2, 0) is 4.74 Å². The second-order valence-corrected chi connectivity index (χ2v) is 5.30. The van der Waals surface area contributed by atoms with Crippen LogP contribution in [0.25, 0.3) is 0 Å². The Morgan fingerprint density at radius 3 is 1.80 bits per heavy atom. The number of Topliss-reactive ketones (excluding diaryl/α,β-unsaturated/α-hetero) is 1. The molecular formula is C21H16O4. The first-order valence-corrected chi connectivity index (χ1v) is 7.82. The molecule has 0 heterocycles. The van der Waals surface area contributed by atoms with Gasteiger partial charge in [0.2, 0.25) is 5.78 Å². The number of hydrogen-bond donors (Lipinski definition) is 0. The highest BCUT2D eigenvalue weighted by Gasteiger charge is 2.27. The largest absolute Gasteiger partial charge is 0.514 e. The fourth-order valence-electron chi connectivity index (χ4n) is 2.36. The molecule has 25 heavy (non-hydrogen) atoms. The number of ketones is 1. The van der Waals surface area contributed by atoms with Crippen LogP contribution in [0.2, 0.25) is 0 Å². The Hall–Kier alpha value is -3.40. The van der Waals surface area contributed by atoms with Gasteiger partial charge >= 0.3 is 6.16 Å². The summed E-state index contributed by atoms with van der Waals surface area (Å²) in [6, 6.07) is 26.2. The van der Waals surface area contributed by atoms with Gasteiger partial charge in [-0.2, -0.15) is 0 Å². The van der Waals surface area contributed by atoms with E-state index in [0.717, 1.165) is 0 Å². The van der Waals surface area contributed by atoms with E-state index in [-0.39, 0.29) is 5.78 Å². The van der Waals surface area contributed by atoms with Gasteiger partial charge in [-0.15, -0.1) is 0 Å². The van der Waals surface area contributed by atoms with Crippen LogP contribution >= 0.6 is 0 Å². The lowest BCUT2D eigenvalue weighted by Gasteiger charge is -2.17. The van der Waals surface area contributed by atoms with Gasteiger partial charge in [0.15, 0.2) is 6.10 Å². The molecule has 0 saturated heterocycles. The van der Waals surface area contributed by atoms with Gasteiger partial charge in [-0.3, -0.25) is 4.79 Å². The molecule has 0 amide bonds. The standard InChI is InChI=1S/C21H16O4/c22-19(16-10-4-1-5-11-16)20(17-12-6-2-7-13-17)25-21(23)24-18-14-8-3-9-15-18/h1-15,20H. The monoisotopic (exact) mass is 332 g/mol. The molecular weight excluding hydrogens is 316 g/mol. The van der Waals surface area contributed by atoms with Crippen LogP contribution in [0.4, 0.5) is 4.79 Å². The normalized spacial score (nSPS) is 11.4. The van der Waals surface area contributed by atoms with Gasteiger partial charge in [-0.25, -0.2) is 4.79 Å². The van der Waals surface area contributed by atoms with E-state index < -0.39 is 12.3 Å². The van der Waals surface area contributed by atoms with Crippen LogP contribution in [0.5, 0.6) is 5.75 Å². The van der Waals surface area contributed by atoms with Gasteiger partial charge in [0.1, 0.15) is 5.75 Å². The molecule has 3 rings (SSSR count). The molecule has 1 unspecified atom stereocenters. The third-order valence-corrected chi connectivity index (χ3v) is 3.56. The van der Waals surface area contributed by atoms with Gasteiger partial charge in [0, 0.05) is 11.1 Å². The third-order valence-electron chi connectivity index (χ3n) is 3.56. The van der Waals surface area contributed by atoms with Crippen molar-refractivity contribution < 1.29 is 19.1 Å². The quantitative estimate of drug-likeness (QED) is 0.382. The average molecular weight is 332 g/mol. The summed E-state index contributed by atoms with van der Waals surface area (Å²) in [6.07, 6.45) is -2.00. The van der Waals surface area contributed by atoms with Gasteiger partial charge in [-0.1, -0.05) is 78.9 Å². The second-order valence-electron chi connectivity index (χ2n) is 5.30. The van der Waals surface area contributed by atoms with E-state index in [2.05, 4.69) is 0 Å². The Kier molecular flexibility index (Phi) is 5.22. The van der Waals surface area contributed by atoms with E-state index in [1.165, 1.54) is 0 Å². The molecule has 3 aromatic carbocycles. The van der Waals surface area contributed by atoms with E-state index in [0.29, 0.717) is 16.9 Å². The van der Waals surface area contributed by atoms with Crippen molar-refractivity contribution in [3.63, 3.8) is 0 Å². The zero-order valence-electron chi connectivity index (χ0n) is 13.4. The molecule has 0 radical (unpaired) electrons. The Labute approximate surface area is 145 Å². The second kappa shape index (κ2) is 7.93. The minimum atomic E-state index is -1.07. The van der Waals surface area contributed by atoms with Crippen molar-refractivity contribution in [2.45, 2.75) is 6.10 Å². The molecule has 124 valence electrons. The summed E-state index contributed by atoms with van der Waals surface area (Å²) in [5.41, 5.74) is 1.05. The summed E-state index contributed by atoms with van der Waals surface area (Å²) in [5, 5.41) is 0. The summed E-state index contributed by atoms with van der Waals surface area (Å²) in [6.45, 7) is 0. The maximum absolute atomic E-state index is 12.8. The number of rotatable bonds is 5. The maximum atomic E-state index is 12.8. The molecule has 0 aliphatic rings. The van der Waals surface area contributed by atoms with Crippen LogP contribution < -0.4 is 4.74 Å². The van der Waals surface area contributed by atoms with Crippen molar-refractivity contribution in [2.75, 3.05) is 0 Å². The predicted molar refractivity (Wildman–Crippen MR) is 93.5 cm³/mol. The highest BCUT2D eigenvalue weighted by molar-refractivity contribution is 6.00. The smallest absolute Gasteiger partial charge is 0.417 e. The summed E-state index contributed by atoms with van der Waals surface area (Å²) < 4.78 is 10.5. The Bertz CT molecular complexity index is 830. The molecule has 0 bridgehead atoms. The van der Waals surface area contributed by atoms with E-state index in [4.69, 9.17) is 9.47 Å². The van der Waals surface area contributed by atoms with E-state index in [9.17, 15) is 9.59 Å². The first kappa shape index (κ1) is 16.5. The SMILES string of the molecule is O=C(Oc1ccccc1)OC(C(=O)c1ccccc1)c1ccccc1. The molecule has 3 aromatic rings. The maximum Gasteiger partial charge on any atom is 0.514 e. The number of hydrogen-bond acceptors (Lipinski definition) is 4. The molecule has 0 fully saturated rings. The first-order chi connectivity index (χ1) is 12.2. The predicted octanol–water partition coefficient (Wildman–Crippen LogP) is 4.83. The van der Waals surface area contributed by atoms with E-state index in [1.807, 2.05) is 18.2 Å². The zero-order chi connectivity index (χ0) is 17.5. The lowest BCUT2D eigenvalue weighted by Crippen LogP contribution is -2.22. The molecule has 0 aromatic heterocycles. The zero-order valence-corrected chi connectivity index (χ0v) is 13.4. The molecule has 0 aliphatic heterocycles. The summed E-state index contributed by atoms with van der Waals surface area (Å²) >= 11 is 0. The van der Waals surface area contributed by atoms with Crippen LogP contribution in [-0.4, -0.2) is 11.9 Å². The fraction of sp³-hybridized carbons (Fsp3) is 0.0476. The van der Waals surface area contributed by atoms with Crippen LogP contribution in [0, 0.1) is 0 Å². The lowest BCUT2D eigenvalue weighted by atomic mass is 10.00. The molecule has 0 spiro atoms. The molecule has 0 aliphatic carbocycles. The molecule has 0 N–H and O–H groups in total. The average Bonchev–Trinajstić information content (AvgIpc) is 2.68. The van der Waals surface area contributed by atoms with Crippen LogP contribution in [0.1, 0.15) is 22.0 Å². The number of para-hydroxylation sites is 1. The van der Waals surface area contributed by atoms with Crippen LogP contribution in [0.15, 0.2) is 91.0 Å². The number of carbonyl (C=O) groups is 2. The Balaban J connectivity index is 1.82. The van der Waals surface area contributed by atoms with Gasteiger partial charge in [0.25, 0.3) is 0 Å². The summed E-state index contributed by atoms with van der Waals surface area (Å²) in [5.74, 6) is 0.0447. The van der Waals surface area contributed by atoms with E-state index >= 15 is 0 Å². The van der Waals surface area contributed by atoms with Crippen molar-refractivity contribution in [3.8, 4) is 5.75 Å². The minimum absolute atomic E-state index is 0.309. The molecule has 0 saturated carbocycles. The highest BCUT2D eigenvalue weighted by Crippen LogP contribution is 2.23. The fourth-order valence-corrected chi connectivity index (χ4v) is 2.36. The van der Waals surface area contributed by atoms with Crippen molar-refractivity contribution in [3.05, 3.63) is 102 Å². The molecule has 4 heteroatoms. The lowest BCUT2D eigenvalue weighted by molar-refractivity contribution is 0.0458. The van der Waals surface area contributed by atoms with Gasteiger partial charge < -0.3 is 9.47 Å². The molecule has 4 nitrogen and oxygen atoms in total. The first-order valence-electron chi connectivity index (χ1n) is 7.82. The Morgan fingerprint density at radius 1 is 0.680 bits per heavy atom. The topological polar surface area (TPSA) is 52.6 Å². The van der Waals surface area contributed by atoms with Crippen molar-refractivity contribution >= 4 is 11.9 Å². The number of ether oxygens (including phenoxy) is 2.